The lowest BCUT2D eigenvalue weighted by atomic mass is 10.1. The third-order valence-electron chi connectivity index (χ3n) is 4.07. The van der Waals surface area contributed by atoms with Gasteiger partial charge in [-0.05, 0) is 31.4 Å². The molecule has 0 radical (unpaired) electrons. The van der Waals surface area contributed by atoms with Gasteiger partial charge in [-0.3, -0.25) is 0 Å². The van der Waals surface area contributed by atoms with E-state index in [9.17, 15) is 0 Å². The fourth-order valence-corrected chi connectivity index (χ4v) is 2.88. The molecular weight excluding hydrogens is 254 g/mol. The molecule has 4 heteroatoms. The predicted molar refractivity (Wildman–Crippen MR) is 77.4 cm³/mol. The van der Waals surface area contributed by atoms with Gasteiger partial charge in [0.15, 0.2) is 11.5 Å². The van der Waals surface area contributed by atoms with Crippen molar-refractivity contribution in [2.24, 2.45) is 5.92 Å². The fraction of sp³-hybridized carbons (Fsp3) is 0.625. The minimum atomic E-state index is 0.308. The van der Waals surface area contributed by atoms with E-state index >= 15 is 0 Å². The Morgan fingerprint density at radius 1 is 1.20 bits per heavy atom. The van der Waals surface area contributed by atoms with Gasteiger partial charge >= 0.3 is 0 Å². The Labute approximate surface area is 120 Å². The van der Waals surface area contributed by atoms with E-state index < -0.39 is 0 Å². The fourth-order valence-electron chi connectivity index (χ4n) is 2.88. The SMILES string of the molecule is CCNCc1cc2c(cc1OCC1CCCC1)OCO2. The van der Waals surface area contributed by atoms with E-state index in [1.54, 1.807) is 0 Å². The van der Waals surface area contributed by atoms with Gasteiger partial charge in [0.05, 0.1) is 6.61 Å². The van der Waals surface area contributed by atoms with Crippen LogP contribution in [0.5, 0.6) is 17.2 Å². The number of nitrogens with one attached hydrogen (secondary N) is 1. The largest absolute Gasteiger partial charge is 0.493 e. The molecule has 0 bridgehead atoms. The summed E-state index contributed by atoms with van der Waals surface area (Å²) in [6.45, 7) is 4.97. The molecule has 1 aliphatic carbocycles. The maximum atomic E-state index is 6.07. The van der Waals surface area contributed by atoms with Gasteiger partial charge in [-0.25, -0.2) is 0 Å². The van der Waals surface area contributed by atoms with E-state index in [2.05, 4.69) is 12.2 Å². The first-order valence-electron chi connectivity index (χ1n) is 7.63. The molecule has 20 heavy (non-hydrogen) atoms. The Morgan fingerprint density at radius 3 is 2.70 bits per heavy atom. The number of rotatable bonds is 6. The molecule has 0 atom stereocenters. The van der Waals surface area contributed by atoms with E-state index in [0.717, 1.165) is 42.5 Å². The van der Waals surface area contributed by atoms with Crippen molar-refractivity contribution in [1.82, 2.24) is 5.32 Å². The number of hydrogen-bond acceptors (Lipinski definition) is 4. The highest BCUT2D eigenvalue weighted by Crippen LogP contribution is 2.38. The highest BCUT2D eigenvalue weighted by molar-refractivity contribution is 5.51. The van der Waals surface area contributed by atoms with Crippen molar-refractivity contribution in [3.05, 3.63) is 17.7 Å². The lowest BCUT2D eigenvalue weighted by molar-refractivity contribution is 0.173. The zero-order valence-electron chi connectivity index (χ0n) is 12.1. The molecule has 2 aliphatic rings. The summed E-state index contributed by atoms with van der Waals surface area (Å²) in [6.07, 6.45) is 5.29. The predicted octanol–water partition coefficient (Wildman–Crippen LogP) is 3.09. The summed E-state index contributed by atoms with van der Waals surface area (Å²) >= 11 is 0. The van der Waals surface area contributed by atoms with Gasteiger partial charge in [0.25, 0.3) is 0 Å². The van der Waals surface area contributed by atoms with Crippen LogP contribution in [0.15, 0.2) is 12.1 Å². The molecule has 1 N–H and O–H groups in total. The third-order valence-corrected chi connectivity index (χ3v) is 4.07. The topological polar surface area (TPSA) is 39.7 Å². The van der Waals surface area contributed by atoms with Gasteiger partial charge in [0, 0.05) is 18.2 Å². The summed E-state index contributed by atoms with van der Waals surface area (Å²) in [4.78, 5) is 0. The van der Waals surface area contributed by atoms with Crippen molar-refractivity contribution in [2.75, 3.05) is 19.9 Å². The van der Waals surface area contributed by atoms with Gasteiger partial charge in [-0.1, -0.05) is 19.8 Å². The van der Waals surface area contributed by atoms with Crippen LogP contribution < -0.4 is 19.5 Å². The first-order valence-corrected chi connectivity index (χ1v) is 7.63. The number of hydrogen-bond donors (Lipinski definition) is 1. The Morgan fingerprint density at radius 2 is 1.95 bits per heavy atom. The van der Waals surface area contributed by atoms with Crippen molar-refractivity contribution in [3.63, 3.8) is 0 Å². The van der Waals surface area contributed by atoms with Gasteiger partial charge < -0.3 is 19.5 Å². The summed E-state index contributed by atoms with van der Waals surface area (Å²) in [7, 11) is 0. The molecule has 1 heterocycles. The van der Waals surface area contributed by atoms with E-state index in [0.29, 0.717) is 12.7 Å². The Balaban J connectivity index is 1.72. The summed E-state index contributed by atoms with van der Waals surface area (Å²) in [6, 6.07) is 4.01. The molecule has 0 amide bonds. The number of benzene rings is 1. The van der Waals surface area contributed by atoms with Crippen molar-refractivity contribution in [1.29, 1.82) is 0 Å². The molecule has 1 saturated carbocycles. The van der Waals surface area contributed by atoms with E-state index in [1.807, 2.05) is 12.1 Å². The van der Waals surface area contributed by atoms with Crippen LogP contribution in [0.2, 0.25) is 0 Å². The number of fused-ring (bicyclic) bond motifs is 1. The van der Waals surface area contributed by atoms with Crippen LogP contribution in [0.25, 0.3) is 0 Å². The van der Waals surface area contributed by atoms with Crippen LogP contribution in [-0.4, -0.2) is 19.9 Å². The maximum Gasteiger partial charge on any atom is 0.231 e. The lowest BCUT2D eigenvalue weighted by Crippen LogP contribution is -2.14. The van der Waals surface area contributed by atoms with Gasteiger partial charge in [-0.15, -0.1) is 0 Å². The van der Waals surface area contributed by atoms with Crippen LogP contribution in [-0.2, 0) is 6.54 Å². The highest BCUT2D eigenvalue weighted by atomic mass is 16.7. The Hall–Kier alpha value is -1.42. The molecule has 1 aromatic carbocycles. The van der Waals surface area contributed by atoms with Crippen molar-refractivity contribution >= 4 is 0 Å². The average Bonchev–Trinajstić information content (AvgIpc) is 3.12. The van der Waals surface area contributed by atoms with Gasteiger partial charge in [0.2, 0.25) is 6.79 Å². The normalized spacial score (nSPS) is 17.6. The van der Waals surface area contributed by atoms with E-state index in [1.165, 1.54) is 25.7 Å². The number of ether oxygens (including phenoxy) is 3. The smallest absolute Gasteiger partial charge is 0.231 e. The summed E-state index contributed by atoms with van der Waals surface area (Å²) in [5, 5.41) is 3.35. The lowest BCUT2D eigenvalue weighted by Gasteiger charge is -2.15. The van der Waals surface area contributed by atoms with Crippen LogP contribution in [0.3, 0.4) is 0 Å². The summed E-state index contributed by atoms with van der Waals surface area (Å²) in [5.41, 5.74) is 1.15. The maximum absolute atomic E-state index is 6.07. The summed E-state index contributed by atoms with van der Waals surface area (Å²) < 4.78 is 17.0. The molecule has 4 nitrogen and oxygen atoms in total. The zero-order valence-corrected chi connectivity index (χ0v) is 12.1. The molecule has 0 saturated heterocycles. The van der Waals surface area contributed by atoms with Crippen LogP contribution in [0.4, 0.5) is 0 Å². The Kier molecular flexibility index (Phi) is 4.31. The molecule has 1 aromatic rings. The van der Waals surface area contributed by atoms with Crippen molar-refractivity contribution < 1.29 is 14.2 Å². The monoisotopic (exact) mass is 277 g/mol. The van der Waals surface area contributed by atoms with Gasteiger partial charge in [0.1, 0.15) is 5.75 Å². The van der Waals surface area contributed by atoms with E-state index in [4.69, 9.17) is 14.2 Å². The molecule has 0 aromatic heterocycles. The third kappa shape index (κ3) is 3.01. The molecule has 1 fully saturated rings. The van der Waals surface area contributed by atoms with Crippen molar-refractivity contribution in [3.8, 4) is 17.2 Å². The minimum absolute atomic E-state index is 0.308. The van der Waals surface area contributed by atoms with E-state index in [-0.39, 0.29) is 0 Å². The standard InChI is InChI=1S/C16H23NO3/c1-2-17-9-13-7-15-16(20-11-19-15)8-14(13)18-10-12-5-3-4-6-12/h7-8,12,17H,2-6,9-11H2,1H3. The molecule has 0 spiro atoms. The second-order valence-electron chi connectivity index (χ2n) is 5.56. The molecule has 0 unspecified atom stereocenters. The summed E-state index contributed by atoms with van der Waals surface area (Å²) in [5.74, 6) is 3.27. The molecule has 1 aliphatic heterocycles. The first kappa shape index (κ1) is 13.6. The second kappa shape index (κ2) is 6.35. The van der Waals surface area contributed by atoms with Crippen LogP contribution in [0, 0.1) is 5.92 Å². The molecule has 110 valence electrons. The quantitative estimate of drug-likeness (QED) is 0.867. The van der Waals surface area contributed by atoms with Crippen molar-refractivity contribution in [2.45, 2.75) is 39.2 Å². The Bertz CT molecular complexity index is 455. The zero-order chi connectivity index (χ0) is 13.8. The first-order chi connectivity index (χ1) is 9.86. The minimum Gasteiger partial charge on any atom is -0.493 e. The van der Waals surface area contributed by atoms with Crippen LogP contribution in [0.1, 0.15) is 38.2 Å². The highest BCUT2D eigenvalue weighted by Gasteiger charge is 2.20. The second-order valence-corrected chi connectivity index (χ2v) is 5.56. The van der Waals surface area contributed by atoms with Gasteiger partial charge in [-0.2, -0.15) is 0 Å². The van der Waals surface area contributed by atoms with Crippen LogP contribution >= 0.6 is 0 Å². The average molecular weight is 277 g/mol. The molecule has 3 rings (SSSR count). The molecular formula is C16H23NO3.